The lowest BCUT2D eigenvalue weighted by molar-refractivity contribution is -0.136. The van der Waals surface area contributed by atoms with Crippen LogP contribution in [0.2, 0.25) is 5.02 Å². The Bertz CT molecular complexity index is 1010. The Morgan fingerprint density at radius 2 is 1.67 bits per heavy atom. The third-order valence-electron chi connectivity index (χ3n) is 6.26. The molecule has 30 heavy (non-hydrogen) atoms. The largest absolute Gasteiger partial charge is 0.339 e. The second-order valence-electron chi connectivity index (χ2n) is 8.15. The Hall–Kier alpha value is -1.20. The van der Waals surface area contributed by atoms with Crippen LogP contribution in [0.4, 0.5) is 0 Å². The molecule has 1 amide bonds. The normalized spacial score (nSPS) is 28.1. The number of benzene rings is 1. The minimum atomic E-state index is -3.78. The van der Waals surface area contributed by atoms with E-state index in [4.69, 9.17) is 11.6 Å². The maximum atomic E-state index is 13.2. The lowest BCUT2D eigenvalue weighted by atomic mass is 10.1. The molecule has 0 unspecified atom stereocenters. The van der Waals surface area contributed by atoms with Gasteiger partial charge in [-0.1, -0.05) is 11.6 Å². The first-order valence-corrected chi connectivity index (χ1v) is 13.8. The van der Waals surface area contributed by atoms with Gasteiger partial charge >= 0.3 is 0 Å². The zero-order valence-corrected chi connectivity index (χ0v) is 19.0. The van der Waals surface area contributed by atoms with Crippen LogP contribution in [0.3, 0.4) is 0 Å². The molecule has 3 heterocycles. The van der Waals surface area contributed by atoms with E-state index in [1.807, 2.05) is 0 Å². The minimum absolute atomic E-state index is 0.0283. The molecule has 0 aromatic heterocycles. The monoisotopic (exact) mass is 475 g/mol. The molecule has 1 aromatic carbocycles. The van der Waals surface area contributed by atoms with Crippen molar-refractivity contribution in [2.45, 2.75) is 36.2 Å². The predicted octanol–water partition coefficient (Wildman–Crippen LogP) is 0.824. The highest BCUT2D eigenvalue weighted by atomic mass is 35.5. The Morgan fingerprint density at radius 3 is 2.27 bits per heavy atom. The number of rotatable bonds is 4. The summed E-state index contributed by atoms with van der Waals surface area (Å²) in [7, 11) is -6.72. The lowest BCUT2D eigenvalue weighted by Crippen LogP contribution is -2.56. The van der Waals surface area contributed by atoms with Gasteiger partial charge < -0.3 is 4.90 Å². The average molecular weight is 476 g/mol. The van der Waals surface area contributed by atoms with Gasteiger partial charge in [0.1, 0.15) is 6.04 Å². The SMILES string of the molecule is O=C([C@H]1CCCN1S(=O)(=O)c1ccc(Cl)cc1)N1CCN([C@@H]2CCS(=O)(=O)C2)CC1. The Labute approximate surface area is 182 Å². The van der Waals surface area contributed by atoms with E-state index < -0.39 is 25.9 Å². The summed E-state index contributed by atoms with van der Waals surface area (Å²) in [5, 5.41) is 0.455. The first-order chi connectivity index (χ1) is 14.2. The summed E-state index contributed by atoms with van der Waals surface area (Å²) in [6, 6.07) is 5.33. The van der Waals surface area contributed by atoms with Crippen LogP contribution in [-0.4, -0.2) is 93.2 Å². The molecule has 1 aromatic rings. The topological polar surface area (TPSA) is 95.1 Å². The second kappa shape index (κ2) is 8.38. The van der Waals surface area contributed by atoms with Gasteiger partial charge in [0, 0.05) is 43.8 Å². The number of hydrogen-bond donors (Lipinski definition) is 0. The van der Waals surface area contributed by atoms with Crippen LogP contribution >= 0.6 is 11.6 Å². The lowest BCUT2D eigenvalue weighted by Gasteiger charge is -2.39. The van der Waals surface area contributed by atoms with E-state index in [9.17, 15) is 21.6 Å². The molecule has 8 nitrogen and oxygen atoms in total. The standard InChI is InChI=1S/C19H26ClN3O5S2/c20-15-3-5-17(6-4-15)30(27,28)23-8-1-2-18(23)19(24)22-11-9-21(10-12-22)16-7-13-29(25,26)14-16/h3-6,16,18H,1-2,7-14H2/t16-,18-/m1/s1. The number of sulfone groups is 1. The van der Waals surface area contributed by atoms with Gasteiger partial charge in [0.25, 0.3) is 0 Å². The molecular formula is C19H26ClN3O5S2. The predicted molar refractivity (Wildman–Crippen MR) is 114 cm³/mol. The van der Waals surface area contributed by atoms with Gasteiger partial charge in [-0.2, -0.15) is 4.31 Å². The molecule has 0 aliphatic carbocycles. The molecular weight excluding hydrogens is 450 g/mol. The summed E-state index contributed by atoms with van der Waals surface area (Å²) in [6.07, 6.45) is 1.79. The van der Waals surface area contributed by atoms with Gasteiger partial charge in [0.05, 0.1) is 16.4 Å². The maximum Gasteiger partial charge on any atom is 0.243 e. The first-order valence-electron chi connectivity index (χ1n) is 10.2. The molecule has 0 bridgehead atoms. The zero-order valence-electron chi connectivity index (χ0n) is 16.6. The number of carbonyl (C=O) groups excluding carboxylic acids is 1. The maximum absolute atomic E-state index is 13.2. The highest BCUT2D eigenvalue weighted by molar-refractivity contribution is 7.91. The summed E-state index contributed by atoms with van der Waals surface area (Å²) in [5.74, 6) is 0.260. The van der Waals surface area contributed by atoms with E-state index in [2.05, 4.69) is 4.90 Å². The van der Waals surface area contributed by atoms with Crippen molar-refractivity contribution in [1.82, 2.24) is 14.1 Å². The van der Waals surface area contributed by atoms with Crippen LogP contribution in [-0.2, 0) is 24.7 Å². The summed E-state index contributed by atoms with van der Waals surface area (Å²) >= 11 is 5.87. The third-order valence-corrected chi connectivity index (χ3v) is 10.2. The van der Waals surface area contributed by atoms with Gasteiger partial charge in [0.2, 0.25) is 15.9 Å². The quantitative estimate of drug-likeness (QED) is 0.640. The van der Waals surface area contributed by atoms with E-state index in [0.29, 0.717) is 57.0 Å². The van der Waals surface area contributed by atoms with Gasteiger partial charge in [-0.3, -0.25) is 9.69 Å². The molecule has 166 valence electrons. The fourth-order valence-electron chi connectivity index (χ4n) is 4.60. The molecule has 2 atom stereocenters. The fourth-order valence-corrected chi connectivity index (χ4v) is 8.14. The smallest absolute Gasteiger partial charge is 0.243 e. The number of amides is 1. The van der Waals surface area contributed by atoms with Crippen LogP contribution in [0.1, 0.15) is 19.3 Å². The number of piperazine rings is 1. The van der Waals surface area contributed by atoms with Gasteiger partial charge in [-0.15, -0.1) is 0 Å². The summed E-state index contributed by atoms with van der Waals surface area (Å²) in [4.78, 5) is 17.2. The highest BCUT2D eigenvalue weighted by Gasteiger charge is 2.42. The summed E-state index contributed by atoms with van der Waals surface area (Å²) < 4.78 is 50.9. The number of hydrogen-bond acceptors (Lipinski definition) is 6. The molecule has 3 aliphatic heterocycles. The van der Waals surface area contributed by atoms with E-state index >= 15 is 0 Å². The van der Waals surface area contributed by atoms with E-state index in [0.717, 1.165) is 0 Å². The molecule has 0 N–H and O–H groups in total. The summed E-state index contributed by atoms with van der Waals surface area (Å²) in [6.45, 7) is 2.52. The van der Waals surface area contributed by atoms with Crippen LogP contribution in [0.5, 0.6) is 0 Å². The van der Waals surface area contributed by atoms with Crippen molar-refractivity contribution in [2.75, 3.05) is 44.2 Å². The van der Waals surface area contributed by atoms with Gasteiger partial charge in [0.15, 0.2) is 9.84 Å². The van der Waals surface area contributed by atoms with Crippen molar-refractivity contribution >= 4 is 37.4 Å². The summed E-state index contributed by atoms with van der Waals surface area (Å²) in [5.41, 5.74) is 0. The van der Waals surface area contributed by atoms with Crippen molar-refractivity contribution in [2.24, 2.45) is 0 Å². The Balaban J connectivity index is 1.41. The van der Waals surface area contributed by atoms with Crippen molar-refractivity contribution in [3.63, 3.8) is 0 Å². The molecule has 3 aliphatic rings. The third kappa shape index (κ3) is 4.38. The van der Waals surface area contributed by atoms with E-state index in [1.54, 1.807) is 4.90 Å². The van der Waals surface area contributed by atoms with Crippen LogP contribution in [0.15, 0.2) is 29.2 Å². The van der Waals surface area contributed by atoms with Crippen LogP contribution < -0.4 is 0 Å². The zero-order chi connectivity index (χ0) is 21.5. The van der Waals surface area contributed by atoms with E-state index in [1.165, 1.54) is 28.6 Å². The Kier molecular flexibility index (Phi) is 6.15. The number of halogens is 1. The van der Waals surface area contributed by atoms with Gasteiger partial charge in [-0.05, 0) is 43.5 Å². The van der Waals surface area contributed by atoms with E-state index in [-0.39, 0.29) is 28.4 Å². The van der Waals surface area contributed by atoms with Crippen molar-refractivity contribution in [1.29, 1.82) is 0 Å². The van der Waals surface area contributed by atoms with Crippen LogP contribution in [0, 0.1) is 0 Å². The molecule has 11 heteroatoms. The van der Waals surface area contributed by atoms with Gasteiger partial charge in [-0.25, -0.2) is 16.8 Å². The number of sulfonamides is 1. The second-order valence-corrected chi connectivity index (χ2v) is 12.7. The Morgan fingerprint density at radius 1 is 1.00 bits per heavy atom. The highest BCUT2D eigenvalue weighted by Crippen LogP contribution is 2.28. The van der Waals surface area contributed by atoms with Crippen LogP contribution in [0.25, 0.3) is 0 Å². The molecule has 0 spiro atoms. The molecule has 3 fully saturated rings. The molecule has 0 saturated carbocycles. The minimum Gasteiger partial charge on any atom is -0.339 e. The molecule has 3 saturated heterocycles. The van der Waals surface area contributed by atoms with Crippen molar-refractivity contribution in [3.8, 4) is 0 Å². The number of nitrogens with zero attached hydrogens (tertiary/aromatic N) is 3. The molecule has 4 rings (SSSR count). The van der Waals surface area contributed by atoms with Crippen molar-refractivity contribution < 1.29 is 21.6 Å². The van der Waals surface area contributed by atoms with Crippen molar-refractivity contribution in [3.05, 3.63) is 29.3 Å². The average Bonchev–Trinajstić information content (AvgIpc) is 3.35. The molecule has 0 radical (unpaired) electrons. The fraction of sp³-hybridized carbons (Fsp3) is 0.632. The number of carbonyl (C=O) groups is 1. The first kappa shape index (κ1) is 22.0.